The standard InChI is InChI=1S/C32H39N7O3/c1-6-22-9-8-10-23(7-2)30(22)36-32(40)42-25-20-28(38(4)21-25)26-13-14-33-31(34-26)35-27-12-11-24(19-29(27)41-5)39-17-15-37(3)16-18-39/h8-14,19-21H,6-7,15-18H2,1-5H3,(H,36,40)(H,33,34,35). The number of hydrogen-bond acceptors (Lipinski definition) is 8. The first-order valence-electron chi connectivity index (χ1n) is 14.4. The van der Waals surface area contributed by atoms with E-state index in [9.17, 15) is 4.79 Å². The maximum absolute atomic E-state index is 12.8. The molecule has 1 aliphatic rings. The number of carbonyl (C=O) groups excluding carboxylic acids is 1. The van der Waals surface area contributed by atoms with Gasteiger partial charge in [-0.3, -0.25) is 5.32 Å². The maximum atomic E-state index is 12.8. The molecule has 2 aromatic heterocycles. The van der Waals surface area contributed by atoms with Gasteiger partial charge in [0.1, 0.15) is 5.75 Å². The van der Waals surface area contributed by atoms with Gasteiger partial charge in [0.2, 0.25) is 5.95 Å². The van der Waals surface area contributed by atoms with Crippen LogP contribution in [0.2, 0.25) is 0 Å². The van der Waals surface area contributed by atoms with Crippen LogP contribution in [0.5, 0.6) is 11.5 Å². The third kappa shape index (κ3) is 6.49. The van der Waals surface area contributed by atoms with Crippen molar-refractivity contribution in [1.82, 2.24) is 19.4 Å². The fraction of sp³-hybridized carbons (Fsp3) is 0.344. The highest BCUT2D eigenvalue weighted by Gasteiger charge is 2.18. The molecule has 42 heavy (non-hydrogen) atoms. The number of nitrogens with zero attached hydrogens (tertiary/aromatic N) is 5. The van der Waals surface area contributed by atoms with E-state index in [0.29, 0.717) is 17.4 Å². The molecule has 5 rings (SSSR count). The van der Waals surface area contributed by atoms with Crippen LogP contribution in [0, 0.1) is 0 Å². The normalized spacial score (nSPS) is 13.6. The van der Waals surface area contributed by atoms with E-state index in [1.165, 1.54) is 0 Å². The Morgan fingerprint density at radius 2 is 1.71 bits per heavy atom. The summed E-state index contributed by atoms with van der Waals surface area (Å²) in [6, 6.07) is 15.8. The number of aryl methyl sites for hydroxylation is 3. The number of ether oxygens (including phenoxy) is 2. The zero-order chi connectivity index (χ0) is 29.6. The van der Waals surface area contributed by atoms with E-state index in [2.05, 4.69) is 52.4 Å². The SMILES string of the molecule is CCc1cccc(CC)c1NC(=O)Oc1cc(-c2ccnc(Nc3ccc(N4CCN(C)CC4)cc3OC)n2)n(C)c1. The molecule has 2 N–H and O–H groups in total. The molecular weight excluding hydrogens is 530 g/mol. The lowest BCUT2D eigenvalue weighted by Gasteiger charge is -2.34. The molecule has 0 unspecified atom stereocenters. The number of para-hydroxylation sites is 1. The summed E-state index contributed by atoms with van der Waals surface area (Å²) < 4.78 is 13.2. The van der Waals surface area contributed by atoms with Crippen molar-refractivity contribution in [2.45, 2.75) is 26.7 Å². The second kappa shape index (κ2) is 12.9. The van der Waals surface area contributed by atoms with Gasteiger partial charge in [0.25, 0.3) is 0 Å². The van der Waals surface area contributed by atoms with Gasteiger partial charge < -0.3 is 29.2 Å². The van der Waals surface area contributed by atoms with Crippen molar-refractivity contribution >= 4 is 29.1 Å². The van der Waals surface area contributed by atoms with Crippen LogP contribution in [-0.2, 0) is 19.9 Å². The summed E-state index contributed by atoms with van der Waals surface area (Å²) in [4.78, 5) is 26.7. The Bertz CT molecular complexity index is 1520. The number of piperazine rings is 1. The van der Waals surface area contributed by atoms with Gasteiger partial charge >= 0.3 is 6.09 Å². The van der Waals surface area contributed by atoms with Crippen LogP contribution in [0.1, 0.15) is 25.0 Å². The smallest absolute Gasteiger partial charge is 0.417 e. The molecule has 10 heteroatoms. The minimum absolute atomic E-state index is 0.423. The van der Waals surface area contributed by atoms with Crippen molar-refractivity contribution in [1.29, 1.82) is 0 Å². The highest BCUT2D eigenvalue weighted by atomic mass is 16.6. The first kappa shape index (κ1) is 28.9. The Labute approximate surface area is 247 Å². The van der Waals surface area contributed by atoms with Crippen LogP contribution in [0.25, 0.3) is 11.4 Å². The average Bonchev–Trinajstić information content (AvgIpc) is 3.37. The average molecular weight is 570 g/mol. The van der Waals surface area contributed by atoms with Crippen molar-refractivity contribution < 1.29 is 14.3 Å². The van der Waals surface area contributed by atoms with Crippen molar-refractivity contribution in [3.05, 3.63) is 72.1 Å². The number of hydrogen-bond donors (Lipinski definition) is 2. The van der Waals surface area contributed by atoms with Crippen LogP contribution < -0.4 is 25.0 Å². The van der Waals surface area contributed by atoms with Crippen LogP contribution in [0.3, 0.4) is 0 Å². The summed E-state index contributed by atoms with van der Waals surface area (Å²) in [5.74, 6) is 1.58. The molecule has 1 fully saturated rings. The summed E-state index contributed by atoms with van der Waals surface area (Å²) >= 11 is 0. The topological polar surface area (TPSA) is 96.8 Å². The first-order chi connectivity index (χ1) is 20.4. The number of anilines is 4. The van der Waals surface area contributed by atoms with Crippen molar-refractivity contribution in [2.24, 2.45) is 7.05 Å². The fourth-order valence-corrected chi connectivity index (χ4v) is 5.21. The van der Waals surface area contributed by atoms with E-state index in [0.717, 1.165) is 78.7 Å². The zero-order valence-corrected chi connectivity index (χ0v) is 25.0. The Balaban J connectivity index is 1.30. The number of rotatable bonds is 9. The third-order valence-corrected chi connectivity index (χ3v) is 7.63. The van der Waals surface area contributed by atoms with Crippen LogP contribution in [0.15, 0.2) is 60.9 Å². The number of aromatic nitrogens is 3. The molecule has 0 aliphatic carbocycles. The van der Waals surface area contributed by atoms with Crippen LogP contribution in [-0.4, -0.2) is 65.9 Å². The Kier molecular flexibility index (Phi) is 8.92. The number of methoxy groups -OCH3 is 1. The van der Waals surface area contributed by atoms with Crippen molar-refractivity contribution in [3.8, 4) is 22.9 Å². The van der Waals surface area contributed by atoms with E-state index >= 15 is 0 Å². The molecule has 10 nitrogen and oxygen atoms in total. The predicted molar refractivity (Wildman–Crippen MR) is 167 cm³/mol. The van der Waals surface area contributed by atoms with Gasteiger partial charge in [0, 0.05) is 63.4 Å². The quantitative estimate of drug-likeness (QED) is 0.264. The number of nitrogens with one attached hydrogen (secondary N) is 2. The second-order valence-corrected chi connectivity index (χ2v) is 10.4. The van der Waals surface area contributed by atoms with E-state index in [1.807, 2.05) is 48.0 Å². The summed E-state index contributed by atoms with van der Waals surface area (Å²) in [5.41, 5.74) is 6.34. The van der Waals surface area contributed by atoms with Crippen LogP contribution in [0.4, 0.5) is 27.8 Å². The summed E-state index contributed by atoms with van der Waals surface area (Å²) in [5, 5.41) is 6.25. The molecule has 2 aromatic carbocycles. The Morgan fingerprint density at radius 1 is 0.976 bits per heavy atom. The number of benzene rings is 2. The molecule has 3 heterocycles. The molecule has 0 bridgehead atoms. The fourth-order valence-electron chi connectivity index (χ4n) is 5.21. The molecule has 0 spiro atoms. The highest BCUT2D eigenvalue weighted by Crippen LogP contribution is 2.33. The van der Waals surface area contributed by atoms with Gasteiger partial charge in [-0.2, -0.15) is 0 Å². The van der Waals surface area contributed by atoms with E-state index in [4.69, 9.17) is 14.5 Å². The van der Waals surface area contributed by atoms with Crippen molar-refractivity contribution in [2.75, 3.05) is 55.9 Å². The summed E-state index contributed by atoms with van der Waals surface area (Å²) in [7, 11) is 5.70. The maximum Gasteiger partial charge on any atom is 0.417 e. The van der Waals surface area contributed by atoms with Gasteiger partial charge in [0.05, 0.1) is 29.9 Å². The molecule has 0 atom stereocenters. The molecule has 0 radical (unpaired) electrons. The molecule has 0 saturated carbocycles. The molecule has 1 saturated heterocycles. The van der Waals surface area contributed by atoms with E-state index < -0.39 is 6.09 Å². The van der Waals surface area contributed by atoms with Crippen molar-refractivity contribution in [3.63, 3.8) is 0 Å². The summed E-state index contributed by atoms with van der Waals surface area (Å²) in [6.45, 7) is 8.16. The third-order valence-electron chi connectivity index (χ3n) is 7.63. The molecule has 1 aliphatic heterocycles. The lowest BCUT2D eigenvalue weighted by molar-refractivity contribution is 0.215. The molecule has 220 valence electrons. The number of amides is 1. The first-order valence-corrected chi connectivity index (χ1v) is 14.4. The van der Waals surface area contributed by atoms with Gasteiger partial charge in [-0.05, 0) is 49.2 Å². The lowest BCUT2D eigenvalue weighted by Crippen LogP contribution is -2.44. The van der Waals surface area contributed by atoms with Gasteiger partial charge in [-0.25, -0.2) is 14.8 Å². The second-order valence-electron chi connectivity index (χ2n) is 10.4. The number of carbonyl (C=O) groups is 1. The largest absolute Gasteiger partial charge is 0.494 e. The van der Waals surface area contributed by atoms with E-state index in [1.54, 1.807) is 25.6 Å². The van der Waals surface area contributed by atoms with E-state index in [-0.39, 0.29) is 0 Å². The monoisotopic (exact) mass is 569 g/mol. The molecule has 4 aromatic rings. The molecular formula is C32H39N7O3. The minimum Gasteiger partial charge on any atom is -0.494 e. The molecule has 1 amide bonds. The van der Waals surface area contributed by atoms with Gasteiger partial charge in [-0.15, -0.1) is 0 Å². The van der Waals surface area contributed by atoms with Crippen LogP contribution >= 0.6 is 0 Å². The lowest BCUT2D eigenvalue weighted by atomic mass is 10.0. The number of likely N-dealkylation sites (N-methyl/N-ethyl adjacent to an activating group) is 1. The summed E-state index contributed by atoms with van der Waals surface area (Å²) in [6.07, 6.45) is 4.56. The Morgan fingerprint density at radius 3 is 2.40 bits per heavy atom. The Hall–Kier alpha value is -4.57. The van der Waals surface area contributed by atoms with Gasteiger partial charge in [-0.1, -0.05) is 32.0 Å². The zero-order valence-electron chi connectivity index (χ0n) is 25.0. The predicted octanol–water partition coefficient (Wildman–Crippen LogP) is 5.72. The minimum atomic E-state index is -0.528. The highest BCUT2D eigenvalue weighted by molar-refractivity contribution is 5.88. The van der Waals surface area contributed by atoms with Gasteiger partial charge in [0.15, 0.2) is 5.75 Å².